The van der Waals surface area contributed by atoms with Gasteiger partial charge in [-0.05, 0) is 12.5 Å². The van der Waals surface area contributed by atoms with E-state index in [2.05, 4.69) is 5.32 Å². The minimum atomic E-state index is -0.551. The molecule has 1 saturated heterocycles. The highest BCUT2D eigenvalue weighted by atomic mass is 32.1. The highest BCUT2D eigenvalue weighted by Crippen LogP contribution is 2.34. The first-order chi connectivity index (χ1) is 11.3. The van der Waals surface area contributed by atoms with Crippen LogP contribution in [0.2, 0.25) is 0 Å². The Morgan fingerprint density at radius 3 is 2.42 bits per heavy atom. The van der Waals surface area contributed by atoms with E-state index in [4.69, 9.17) is 4.74 Å². The maximum Gasteiger partial charge on any atom is 0.341 e. The van der Waals surface area contributed by atoms with Crippen LogP contribution in [0.3, 0.4) is 0 Å². The number of nitrogens with one attached hydrogen (secondary N) is 2. The van der Waals surface area contributed by atoms with Crippen LogP contribution in [0, 0.1) is 6.92 Å². The Balaban J connectivity index is 2.26. The van der Waals surface area contributed by atoms with E-state index in [1.165, 1.54) is 16.9 Å². The largest absolute Gasteiger partial charge is 0.465 e. The van der Waals surface area contributed by atoms with Crippen molar-refractivity contribution < 1.29 is 24.0 Å². The number of likely N-dealkylation sites (tertiary alicyclic amines) is 1. The normalized spacial score (nSPS) is 14.5. The topological polar surface area (TPSA) is 80.1 Å². The Hall–Kier alpha value is -1.93. The molecule has 7 nitrogen and oxygen atoms in total. The van der Waals surface area contributed by atoms with Gasteiger partial charge in [0.25, 0.3) is 11.8 Å². The number of rotatable bonds is 5. The van der Waals surface area contributed by atoms with Gasteiger partial charge in [0.1, 0.15) is 5.00 Å². The van der Waals surface area contributed by atoms with Crippen LogP contribution in [0.15, 0.2) is 0 Å². The van der Waals surface area contributed by atoms with Crippen molar-refractivity contribution in [3.05, 3.63) is 16.0 Å². The van der Waals surface area contributed by atoms with Gasteiger partial charge in [-0.3, -0.25) is 9.59 Å². The molecule has 0 bridgehead atoms. The lowest BCUT2D eigenvalue weighted by molar-refractivity contribution is -0.878. The average Bonchev–Trinajstić information content (AvgIpc) is 3.14. The molecule has 1 aromatic rings. The molecule has 1 fully saturated rings. The van der Waals surface area contributed by atoms with Crippen molar-refractivity contribution in [1.29, 1.82) is 0 Å². The number of hydrogen-bond acceptors (Lipinski definition) is 5. The fourth-order valence-corrected chi connectivity index (χ4v) is 4.04. The first-order valence-corrected chi connectivity index (χ1v) is 8.73. The second-order valence-electron chi connectivity index (χ2n) is 6.13. The van der Waals surface area contributed by atoms with Gasteiger partial charge in [0.2, 0.25) is 0 Å². The molecule has 1 aromatic heterocycles. The fourth-order valence-electron chi connectivity index (χ4n) is 2.81. The SMILES string of the molecule is COC(=O)c1c(NC(=O)C[NH+]2CCCC2)sc(C(=O)N(C)C)c1C. The van der Waals surface area contributed by atoms with Gasteiger partial charge in [-0.15, -0.1) is 11.3 Å². The molecule has 1 aliphatic heterocycles. The number of hydrogen-bond donors (Lipinski definition) is 2. The summed E-state index contributed by atoms with van der Waals surface area (Å²) in [5, 5.41) is 3.18. The van der Waals surface area contributed by atoms with Gasteiger partial charge in [-0.2, -0.15) is 0 Å². The first-order valence-electron chi connectivity index (χ1n) is 7.92. The Bertz CT molecular complexity index is 648. The number of ether oxygens (including phenoxy) is 1. The van der Waals surface area contributed by atoms with Crippen molar-refractivity contribution in [3.63, 3.8) is 0 Å². The van der Waals surface area contributed by atoms with E-state index >= 15 is 0 Å². The fraction of sp³-hybridized carbons (Fsp3) is 0.562. The van der Waals surface area contributed by atoms with Crippen molar-refractivity contribution in [1.82, 2.24) is 4.90 Å². The minimum Gasteiger partial charge on any atom is -0.465 e. The highest BCUT2D eigenvalue weighted by molar-refractivity contribution is 7.18. The third kappa shape index (κ3) is 3.93. The van der Waals surface area contributed by atoms with Crippen molar-refractivity contribution in [2.24, 2.45) is 0 Å². The molecule has 132 valence electrons. The van der Waals surface area contributed by atoms with E-state index in [0.717, 1.165) is 37.3 Å². The Kier molecular flexibility index (Phi) is 5.95. The zero-order valence-electron chi connectivity index (χ0n) is 14.5. The molecule has 24 heavy (non-hydrogen) atoms. The number of anilines is 1. The van der Waals surface area contributed by atoms with Gasteiger partial charge >= 0.3 is 5.97 Å². The quantitative estimate of drug-likeness (QED) is 0.739. The molecule has 8 heteroatoms. The molecule has 0 spiro atoms. The molecule has 0 atom stereocenters. The van der Waals surface area contributed by atoms with Crippen molar-refractivity contribution in [2.75, 3.05) is 46.2 Å². The van der Waals surface area contributed by atoms with Crippen LogP contribution in [0.1, 0.15) is 38.4 Å². The molecule has 2 amide bonds. The summed E-state index contributed by atoms with van der Waals surface area (Å²) in [4.78, 5) is 39.8. The summed E-state index contributed by atoms with van der Waals surface area (Å²) in [5.41, 5.74) is 0.798. The van der Waals surface area contributed by atoms with Crippen LogP contribution < -0.4 is 10.2 Å². The average molecular weight is 354 g/mol. The van der Waals surface area contributed by atoms with Crippen LogP contribution in [-0.2, 0) is 9.53 Å². The lowest BCUT2D eigenvalue weighted by Crippen LogP contribution is -3.11. The number of carbonyl (C=O) groups excluding carboxylic acids is 3. The van der Waals surface area contributed by atoms with Gasteiger partial charge < -0.3 is 19.9 Å². The number of amides is 2. The number of quaternary nitrogens is 1. The van der Waals surface area contributed by atoms with E-state index in [0.29, 0.717) is 22.0 Å². The molecule has 2 heterocycles. The van der Waals surface area contributed by atoms with Gasteiger partial charge in [0, 0.05) is 26.9 Å². The Morgan fingerprint density at radius 2 is 1.88 bits per heavy atom. The third-order valence-electron chi connectivity index (χ3n) is 4.11. The maximum atomic E-state index is 12.3. The third-order valence-corrected chi connectivity index (χ3v) is 5.31. The van der Waals surface area contributed by atoms with Gasteiger partial charge in [0.05, 0.1) is 30.6 Å². The van der Waals surface area contributed by atoms with Crippen LogP contribution in [0.4, 0.5) is 5.00 Å². The summed E-state index contributed by atoms with van der Waals surface area (Å²) < 4.78 is 4.81. The number of carbonyl (C=O) groups is 3. The number of thiophene rings is 1. The number of methoxy groups -OCH3 is 1. The van der Waals surface area contributed by atoms with Crippen LogP contribution in [0.5, 0.6) is 0 Å². The molecule has 2 rings (SSSR count). The molecule has 0 unspecified atom stereocenters. The highest BCUT2D eigenvalue weighted by Gasteiger charge is 2.28. The summed E-state index contributed by atoms with van der Waals surface area (Å²) >= 11 is 1.12. The molecular formula is C16H24N3O4S+. The minimum absolute atomic E-state index is 0.151. The summed E-state index contributed by atoms with van der Waals surface area (Å²) in [5.74, 6) is -0.902. The molecule has 0 aromatic carbocycles. The Morgan fingerprint density at radius 1 is 1.25 bits per heavy atom. The monoisotopic (exact) mass is 354 g/mol. The first kappa shape index (κ1) is 18.4. The zero-order valence-corrected chi connectivity index (χ0v) is 15.3. The van der Waals surface area contributed by atoms with E-state index in [1.807, 2.05) is 0 Å². The number of esters is 1. The molecule has 0 aliphatic carbocycles. The van der Waals surface area contributed by atoms with E-state index in [9.17, 15) is 14.4 Å². The second kappa shape index (κ2) is 7.76. The summed E-state index contributed by atoms with van der Waals surface area (Å²) in [6.07, 6.45) is 2.27. The Labute approximate surface area is 145 Å². The smallest absolute Gasteiger partial charge is 0.341 e. The lowest BCUT2D eigenvalue weighted by Gasteiger charge is -2.11. The molecule has 0 saturated carbocycles. The van der Waals surface area contributed by atoms with Gasteiger partial charge in [-0.1, -0.05) is 0 Å². The lowest BCUT2D eigenvalue weighted by atomic mass is 10.1. The molecule has 0 radical (unpaired) electrons. The van der Waals surface area contributed by atoms with Crippen LogP contribution >= 0.6 is 11.3 Å². The predicted octanol–water partition coefficient (Wildman–Crippen LogP) is 0.162. The van der Waals surface area contributed by atoms with E-state index in [-0.39, 0.29) is 17.4 Å². The van der Waals surface area contributed by atoms with Crippen molar-refractivity contribution in [2.45, 2.75) is 19.8 Å². The van der Waals surface area contributed by atoms with Crippen LogP contribution in [-0.4, -0.2) is 63.5 Å². The molecule has 1 aliphatic rings. The van der Waals surface area contributed by atoms with Crippen LogP contribution in [0.25, 0.3) is 0 Å². The molecular weight excluding hydrogens is 330 g/mol. The van der Waals surface area contributed by atoms with Gasteiger partial charge in [0.15, 0.2) is 6.54 Å². The molecule has 2 N–H and O–H groups in total. The summed E-state index contributed by atoms with van der Waals surface area (Å²) in [6, 6.07) is 0. The predicted molar refractivity (Wildman–Crippen MR) is 91.8 cm³/mol. The van der Waals surface area contributed by atoms with E-state index < -0.39 is 5.97 Å². The summed E-state index contributed by atoms with van der Waals surface area (Å²) in [7, 11) is 4.58. The van der Waals surface area contributed by atoms with Crippen molar-refractivity contribution in [3.8, 4) is 0 Å². The van der Waals surface area contributed by atoms with Crippen molar-refractivity contribution >= 4 is 34.1 Å². The summed E-state index contributed by atoms with van der Waals surface area (Å²) in [6.45, 7) is 4.05. The maximum absolute atomic E-state index is 12.3. The second-order valence-corrected chi connectivity index (χ2v) is 7.15. The van der Waals surface area contributed by atoms with Gasteiger partial charge in [-0.25, -0.2) is 4.79 Å². The number of nitrogens with zero attached hydrogens (tertiary/aromatic N) is 1. The standard InChI is InChI=1S/C16H23N3O4S/c1-10-12(16(22)23-4)14(24-13(10)15(21)18(2)3)17-11(20)9-19-7-5-6-8-19/h5-9H2,1-4H3,(H,17,20)/p+1. The van der Waals surface area contributed by atoms with E-state index in [1.54, 1.807) is 21.0 Å². The zero-order chi connectivity index (χ0) is 17.9.